The molecule has 0 bridgehead atoms. The van der Waals surface area contributed by atoms with E-state index in [4.69, 9.17) is 0 Å². The summed E-state index contributed by atoms with van der Waals surface area (Å²) in [6.07, 6.45) is 9.02. The maximum atomic E-state index is 4.23. The summed E-state index contributed by atoms with van der Waals surface area (Å²) in [4.78, 5) is 9.94. The molecule has 0 fully saturated rings. The largest absolute Gasteiger partial charge is 0.351 e. The van der Waals surface area contributed by atoms with Gasteiger partial charge >= 0.3 is 0 Å². The van der Waals surface area contributed by atoms with Crippen LogP contribution in [0, 0.1) is 0 Å². The first-order valence-electron chi connectivity index (χ1n) is 7.14. The van der Waals surface area contributed by atoms with Gasteiger partial charge < -0.3 is 9.88 Å². The quantitative estimate of drug-likeness (QED) is 0.795. The molecule has 3 aromatic heterocycles. The number of aryl methyl sites for hydroxylation is 1. The second kappa shape index (κ2) is 5.61. The highest BCUT2D eigenvalue weighted by Crippen LogP contribution is 2.07. The van der Waals surface area contributed by atoms with E-state index in [9.17, 15) is 0 Å². The van der Waals surface area contributed by atoms with Crippen LogP contribution in [0.4, 0.5) is 0 Å². The van der Waals surface area contributed by atoms with Crippen LogP contribution in [0.5, 0.6) is 0 Å². The first-order valence-corrected chi connectivity index (χ1v) is 7.14. The van der Waals surface area contributed by atoms with Crippen LogP contribution in [-0.2, 0) is 7.05 Å². The first-order chi connectivity index (χ1) is 10.2. The van der Waals surface area contributed by atoms with Gasteiger partial charge in [-0.2, -0.15) is 0 Å². The average Bonchev–Trinajstić information content (AvgIpc) is 2.91. The molecule has 21 heavy (non-hydrogen) atoms. The number of nitrogens with one attached hydrogen (secondary N) is 1. The Kier molecular flexibility index (Phi) is 3.66. The zero-order chi connectivity index (χ0) is 14.8. The van der Waals surface area contributed by atoms with Gasteiger partial charge in [0.05, 0.1) is 28.1 Å². The van der Waals surface area contributed by atoms with Gasteiger partial charge in [0.25, 0.3) is 0 Å². The van der Waals surface area contributed by atoms with E-state index in [2.05, 4.69) is 69.6 Å². The predicted octanol–water partition coefficient (Wildman–Crippen LogP) is 1.73. The van der Waals surface area contributed by atoms with E-state index in [0.29, 0.717) is 0 Å². The van der Waals surface area contributed by atoms with E-state index in [1.54, 1.807) is 0 Å². The number of H-pyrrole nitrogens is 1. The van der Waals surface area contributed by atoms with Gasteiger partial charge in [-0.05, 0) is 38.7 Å². The Morgan fingerprint density at radius 2 is 2.14 bits per heavy atom. The summed E-state index contributed by atoms with van der Waals surface area (Å²) < 4.78 is 4.28. The summed E-state index contributed by atoms with van der Waals surface area (Å²) in [7, 11) is 6.25. The van der Waals surface area contributed by atoms with Gasteiger partial charge in [0.2, 0.25) is 0 Å². The molecule has 0 saturated carbocycles. The second-order valence-corrected chi connectivity index (χ2v) is 5.49. The summed E-state index contributed by atoms with van der Waals surface area (Å²) in [5.41, 5.74) is 3.30. The molecule has 0 radical (unpaired) electrons. The SMILES string of the molecule is CN(C)CCC=c1[nH]c2cnccc2n(C)n2cccc12. The van der Waals surface area contributed by atoms with Crippen LogP contribution in [0.25, 0.3) is 22.6 Å². The number of hydrogen-bond acceptors (Lipinski definition) is 2. The summed E-state index contributed by atoms with van der Waals surface area (Å²) in [5.74, 6) is 0. The fourth-order valence-electron chi connectivity index (χ4n) is 2.56. The van der Waals surface area contributed by atoms with E-state index in [1.807, 2.05) is 18.5 Å². The molecular weight excluding hydrogens is 262 g/mol. The Morgan fingerprint density at radius 1 is 1.29 bits per heavy atom. The molecule has 1 N–H and O–H groups in total. The minimum absolute atomic E-state index is 1.000. The Bertz CT molecular complexity index is 848. The zero-order valence-electron chi connectivity index (χ0n) is 12.7. The maximum absolute atomic E-state index is 4.23. The first kappa shape index (κ1) is 13.7. The van der Waals surface area contributed by atoms with Crippen molar-refractivity contribution in [2.24, 2.45) is 7.05 Å². The Balaban J connectivity index is 2.31. The molecule has 5 nitrogen and oxygen atoms in total. The van der Waals surface area contributed by atoms with Crippen LogP contribution < -0.4 is 5.35 Å². The third-order valence-electron chi connectivity index (χ3n) is 3.67. The number of aromatic nitrogens is 4. The monoisotopic (exact) mass is 283 g/mol. The average molecular weight is 283 g/mol. The number of pyridine rings is 1. The maximum Gasteiger partial charge on any atom is 0.0857 e. The molecule has 3 heterocycles. The number of hydrogen-bond donors (Lipinski definition) is 1. The Morgan fingerprint density at radius 3 is 2.95 bits per heavy atom. The fourth-order valence-corrected chi connectivity index (χ4v) is 2.56. The van der Waals surface area contributed by atoms with E-state index < -0.39 is 0 Å². The predicted molar refractivity (Wildman–Crippen MR) is 86.5 cm³/mol. The molecule has 0 spiro atoms. The highest BCUT2D eigenvalue weighted by Gasteiger charge is 2.01. The standard InChI is InChI=1S/C16H21N5/c1-19(2)10-4-6-13-16-7-5-11-21(16)20(3)15-8-9-17-12-14(15)18-13/h5-9,11-12,18H,4,10H2,1-3H3. The van der Waals surface area contributed by atoms with Crippen molar-refractivity contribution in [3.8, 4) is 0 Å². The lowest BCUT2D eigenvalue weighted by molar-refractivity contribution is 0.421. The molecule has 3 aromatic rings. The third-order valence-corrected chi connectivity index (χ3v) is 3.67. The lowest BCUT2D eigenvalue weighted by Crippen LogP contribution is -2.14. The van der Waals surface area contributed by atoms with Crippen molar-refractivity contribution in [2.45, 2.75) is 6.42 Å². The number of rotatable bonds is 3. The molecule has 0 atom stereocenters. The Hall–Kier alpha value is -2.27. The molecule has 0 unspecified atom stereocenters. The number of nitrogens with zero attached hydrogens (tertiary/aromatic N) is 4. The van der Waals surface area contributed by atoms with Gasteiger partial charge in [0.15, 0.2) is 0 Å². The zero-order valence-corrected chi connectivity index (χ0v) is 12.7. The van der Waals surface area contributed by atoms with E-state index in [0.717, 1.165) is 34.9 Å². The normalized spacial score (nSPS) is 12.7. The summed E-state index contributed by atoms with van der Waals surface area (Å²) in [5, 5.41) is 1.13. The number of fused-ring (bicyclic) bond motifs is 2. The van der Waals surface area contributed by atoms with Gasteiger partial charge in [0.1, 0.15) is 0 Å². The van der Waals surface area contributed by atoms with Crippen molar-refractivity contribution < 1.29 is 0 Å². The van der Waals surface area contributed by atoms with Gasteiger partial charge in [-0.25, -0.2) is 0 Å². The van der Waals surface area contributed by atoms with E-state index in [-0.39, 0.29) is 0 Å². The van der Waals surface area contributed by atoms with E-state index in [1.165, 1.54) is 0 Å². The van der Waals surface area contributed by atoms with Gasteiger partial charge in [-0.3, -0.25) is 14.2 Å². The lowest BCUT2D eigenvalue weighted by Gasteiger charge is -2.05. The van der Waals surface area contributed by atoms with Crippen LogP contribution in [0.3, 0.4) is 0 Å². The summed E-state index contributed by atoms with van der Waals surface area (Å²) in [6.45, 7) is 1.03. The van der Waals surface area contributed by atoms with Crippen LogP contribution >= 0.6 is 0 Å². The van der Waals surface area contributed by atoms with Crippen LogP contribution in [-0.4, -0.2) is 44.7 Å². The Labute approximate surface area is 123 Å². The highest BCUT2D eigenvalue weighted by molar-refractivity contribution is 5.73. The van der Waals surface area contributed by atoms with Gasteiger partial charge in [-0.15, -0.1) is 0 Å². The molecule has 0 aliphatic rings. The van der Waals surface area contributed by atoms with Crippen LogP contribution in [0.1, 0.15) is 6.42 Å². The van der Waals surface area contributed by atoms with Crippen molar-refractivity contribution in [3.63, 3.8) is 0 Å². The molecule has 5 heteroatoms. The highest BCUT2D eigenvalue weighted by atomic mass is 15.3. The molecule has 0 aliphatic heterocycles. The van der Waals surface area contributed by atoms with E-state index >= 15 is 0 Å². The smallest absolute Gasteiger partial charge is 0.0857 e. The third kappa shape index (κ3) is 2.64. The molecule has 110 valence electrons. The van der Waals surface area contributed by atoms with Gasteiger partial charge in [-0.1, -0.05) is 6.08 Å². The molecule has 0 aliphatic carbocycles. The topological polar surface area (TPSA) is 41.3 Å². The number of aromatic amines is 1. The second-order valence-electron chi connectivity index (χ2n) is 5.49. The lowest BCUT2D eigenvalue weighted by atomic mass is 10.3. The molecular formula is C16H21N5. The van der Waals surface area contributed by atoms with Crippen molar-refractivity contribution in [1.29, 1.82) is 0 Å². The molecule has 3 rings (SSSR count). The van der Waals surface area contributed by atoms with Gasteiger partial charge in [0, 0.05) is 26.0 Å². The van der Waals surface area contributed by atoms with Crippen LogP contribution in [0.2, 0.25) is 0 Å². The molecule has 0 aromatic carbocycles. The molecule has 0 saturated heterocycles. The summed E-state index contributed by atoms with van der Waals surface area (Å²) in [6, 6.07) is 6.22. The molecule has 0 amide bonds. The van der Waals surface area contributed by atoms with Crippen LogP contribution in [0.15, 0.2) is 36.8 Å². The van der Waals surface area contributed by atoms with Crippen molar-refractivity contribution in [2.75, 3.05) is 20.6 Å². The van der Waals surface area contributed by atoms with Crippen molar-refractivity contribution in [3.05, 3.63) is 42.1 Å². The summed E-state index contributed by atoms with van der Waals surface area (Å²) >= 11 is 0. The van der Waals surface area contributed by atoms with Crippen molar-refractivity contribution >= 4 is 22.6 Å². The fraction of sp³-hybridized carbons (Fsp3) is 0.312. The minimum Gasteiger partial charge on any atom is -0.351 e. The minimum atomic E-state index is 1.000. The van der Waals surface area contributed by atoms with Crippen molar-refractivity contribution in [1.82, 2.24) is 24.1 Å².